The van der Waals surface area contributed by atoms with Crippen LogP contribution < -0.4 is 5.32 Å². The van der Waals surface area contributed by atoms with Gasteiger partial charge in [0.2, 0.25) is 0 Å². The van der Waals surface area contributed by atoms with Crippen LogP contribution in [0.2, 0.25) is 0 Å². The van der Waals surface area contributed by atoms with E-state index in [0.29, 0.717) is 0 Å². The Bertz CT molecular complexity index is 122. The van der Waals surface area contributed by atoms with E-state index in [1.54, 1.807) is 0 Å². The summed E-state index contributed by atoms with van der Waals surface area (Å²) in [5.41, 5.74) is 0. The van der Waals surface area contributed by atoms with E-state index in [9.17, 15) is 0 Å². The Balaban J connectivity index is 1.93. The molecule has 0 bridgehead atoms. The molecule has 0 aromatic carbocycles. The maximum absolute atomic E-state index is 5.42. The zero-order valence-electron chi connectivity index (χ0n) is 9.43. The van der Waals surface area contributed by atoms with E-state index in [1.807, 2.05) is 7.05 Å². The number of nitrogens with one attached hydrogen (secondary N) is 1. The molecule has 0 aliphatic carbocycles. The summed E-state index contributed by atoms with van der Waals surface area (Å²) in [6, 6.07) is 0. The molecule has 0 aromatic heterocycles. The predicted molar refractivity (Wildman–Crippen MR) is 59.7 cm³/mol. The maximum Gasteiger partial charge on any atom is 0.0593 e. The van der Waals surface area contributed by atoms with Crippen LogP contribution in [0.5, 0.6) is 0 Å². The first kappa shape index (κ1) is 12.0. The third-order valence-electron chi connectivity index (χ3n) is 2.72. The van der Waals surface area contributed by atoms with Crippen molar-refractivity contribution >= 4 is 0 Å². The van der Waals surface area contributed by atoms with Crippen LogP contribution in [0.4, 0.5) is 0 Å². The van der Waals surface area contributed by atoms with Crippen LogP contribution in [0.15, 0.2) is 0 Å². The van der Waals surface area contributed by atoms with Crippen LogP contribution in [-0.2, 0) is 4.74 Å². The van der Waals surface area contributed by atoms with Gasteiger partial charge in [0.05, 0.1) is 6.61 Å². The molecule has 14 heavy (non-hydrogen) atoms. The molecule has 84 valence electrons. The average molecular weight is 200 g/mol. The molecule has 0 saturated carbocycles. The van der Waals surface area contributed by atoms with E-state index >= 15 is 0 Å². The van der Waals surface area contributed by atoms with Crippen molar-refractivity contribution in [3.05, 3.63) is 0 Å². The van der Waals surface area contributed by atoms with Crippen LogP contribution in [0.1, 0.15) is 25.7 Å². The molecule has 1 saturated heterocycles. The minimum absolute atomic E-state index is 0.927. The van der Waals surface area contributed by atoms with Gasteiger partial charge in [-0.3, -0.25) is 0 Å². The van der Waals surface area contributed by atoms with Crippen molar-refractivity contribution < 1.29 is 4.74 Å². The summed E-state index contributed by atoms with van der Waals surface area (Å²) >= 11 is 0. The molecule has 1 N–H and O–H groups in total. The lowest BCUT2D eigenvalue weighted by molar-refractivity contribution is 0.141. The van der Waals surface area contributed by atoms with Crippen LogP contribution in [0.3, 0.4) is 0 Å². The summed E-state index contributed by atoms with van der Waals surface area (Å²) in [5.74, 6) is 0. The van der Waals surface area contributed by atoms with Crippen molar-refractivity contribution in [2.75, 3.05) is 46.4 Å². The molecule has 1 aliphatic heterocycles. The molecule has 1 heterocycles. The normalized spacial score (nSPS) is 19.5. The maximum atomic E-state index is 5.42. The van der Waals surface area contributed by atoms with Crippen molar-refractivity contribution in [1.82, 2.24) is 10.2 Å². The van der Waals surface area contributed by atoms with Gasteiger partial charge in [-0.05, 0) is 39.4 Å². The number of hydrogen-bond donors (Lipinski definition) is 1. The number of hydrogen-bond acceptors (Lipinski definition) is 3. The molecular formula is C11H24N2O. The van der Waals surface area contributed by atoms with E-state index in [4.69, 9.17) is 4.74 Å². The van der Waals surface area contributed by atoms with Gasteiger partial charge in [0, 0.05) is 19.7 Å². The molecule has 1 aliphatic rings. The number of nitrogens with zero attached hydrogens (tertiary/aromatic N) is 1. The second kappa shape index (κ2) is 8.21. The first-order valence-corrected chi connectivity index (χ1v) is 5.88. The van der Waals surface area contributed by atoms with Gasteiger partial charge in [0.1, 0.15) is 0 Å². The molecule has 1 rings (SSSR count). The highest BCUT2D eigenvalue weighted by atomic mass is 16.5. The number of unbranched alkanes of at least 4 members (excludes halogenated alkanes) is 2. The minimum Gasteiger partial charge on any atom is -0.380 e. The molecule has 0 unspecified atom stereocenters. The zero-order valence-corrected chi connectivity index (χ0v) is 9.43. The second-order valence-electron chi connectivity index (χ2n) is 3.97. The fraction of sp³-hybridized carbons (Fsp3) is 1.00. The Morgan fingerprint density at radius 3 is 2.93 bits per heavy atom. The van der Waals surface area contributed by atoms with Gasteiger partial charge in [0.25, 0.3) is 0 Å². The summed E-state index contributed by atoms with van der Waals surface area (Å²) in [5, 5.41) is 3.18. The average Bonchev–Trinajstić information content (AvgIpc) is 2.46. The fourth-order valence-corrected chi connectivity index (χ4v) is 1.84. The lowest BCUT2D eigenvalue weighted by atomic mass is 10.2. The lowest BCUT2D eigenvalue weighted by Crippen LogP contribution is -2.27. The van der Waals surface area contributed by atoms with Gasteiger partial charge in [-0.1, -0.05) is 6.42 Å². The van der Waals surface area contributed by atoms with Gasteiger partial charge in [-0.2, -0.15) is 0 Å². The van der Waals surface area contributed by atoms with Gasteiger partial charge in [0.15, 0.2) is 0 Å². The highest BCUT2D eigenvalue weighted by Gasteiger charge is 2.07. The zero-order chi connectivity index (χ0) is 10.1. The van der Waals surface area contributed by atoms with Crippen molar-refractivity contribution in [3.8, 4) is 0 Å². The smallest absolute Gasteiger partial charge is 0.0593 e. The van der Waals surface area contributed by atoms with Gasteiger partial charge in [-0.25, -0.2) is 0 Å². The standard InChI is InChI=1S/C11H24N2O/c1-12-6-3-2-4-7-13-8-5-10-14-11-9-13/h12H,2-11H2,1H3. The van der Waals surface area contributed by atoms with E-state index in [0.717, 1.165) is 26.3 Å². The van der Waals surface area contributed by atoms with E-state index in [-0.39, 0.29) is 0 Å². The van der Waals surface area contributed by atoms with Crippen molar-refractivity contribution in [2.24, 2.45) is 0 Å². The molecule has 0 atom stereocenters. The third-order valence-corrected chi connectivity index (χ3v) is 2.72. The number of ether oxygens (including phenoxy) is 1. The summed E-state index contributed by atoms with van der Waals surface area (Å²) in [4.78, 5) is 2.53. The molecule has 1 fully saturated rings. The molecule has 0 spiro atoms. The van der Waals surface area contributed by atoms with Crippen LogP contribution in [0, 0.1) is 0 Å². The monoisotopic (exact) mass is 200 g/mol. The Kier molecular flexibility index (Phi) is 7.01. The summed E-state index contributed by atoms with van der Waals surface area (Å²) < 4.78 is 5.42. The Morgan fingerprint density at radius 1 is 1.14 bits per heavy atom. The second-order valence-corrected chi connectivity index (χ2v) is 3.97. The highest BCUT2D eigenvalue weighted by molar-refractivity contribution is 4.61. The van der Waals surface area contributed by atoms with Crippen LogP contribution in [-0.4, -0.2) is 51.3 Å². The van der Waals surface area contributed by atoms with Gasteiger partial charge >= 0.3 is 0 Å². The van der Waals surface area contributed by atoms with E-state index in [1.165, 1.54) is 38.8 Å². The van der Waals surface area contributed by atoms with Crippen molar-refractivity contribution in [3.63, 3.8) is 0 Å². The fourth-order valence-electron chi connectivity index (χ4n) is 1.84. The molecule has 0 aromatic rings. The molecule has 0 amide bonds. The first-order valence-electron chi connectivity index (χ1n) is 5.88. The molecule has 3 nitrogen and oxygen atoms in total. The Morgan fingerprint density at radius 2 is 2.07 bits per heavy atom. The lowest BCUT2D eigenvalue weighted by Gasteiger charge is -2.18. The molecule has 3 heteroatoms. The minimum atomic E-state index is 0.927. The topological polar surface area (TPSA) is 24.5 Å². The van der Waals surface area contributed by atoms with E-state index in [2.05, 4.69) is 10.2 Å². The first-order chi connectivity index (χ1) is 6.93. The van der Waals surface area contributed by atoms with Crippen LogP contribution >= 0.6 is 0 Å². The molecule has 0 radical (unpaired) electrons. The van der Waals surface area contributed by atoms with Gasteiger partial charge in [-0.15, -0.1) is 0 Å². The quantitative estimate of drug-likeness (QED) is 0.650. The number of rotatable bonds is 6. The molecular weight excluding hydrogens is 176 g/mol. The Hall–Kier alpha value is -0.120. The van der Waals surface area contributed by atoms with Crippen molar-refractivity contribution in [2.45, 2.75) is 25.7 Å². The van der Waals surface area contributed by atoms with E-state index < -0.39 is 0 Å². The SMILES string of the molecule is CNCCCCCN1CCCOCC1. The van der Waals surface area contributed by atoms with Crippen LogP contribution in [0.25, 0.3) is 0 Å². The Labute approximate surface area is 87.8 Å². The van der Waals surface area contributed by atoms with Gasteiger partial charge < -0.3 is 15.0 Å². The predicted octanol–water partition coefficient (Wildman–Crippen LogP) is 1.10. The largest absolute Gasteiger partial charge is 0.380 e. The van der Waals surface area contributed by atoms with Crippen molar-refractivity contribution in [1.29, 1.82) is 0 Å². The summed E-state index contributed by atoms with van der Waals surface area (Å²) in [6.45, 7) is 6.65. The summed E-state index contributed by atoms with van der Waals surface area (Å²) in [6.07, 6.45) is 5.19. The third kappa shape index (κ3) is 5.58. The highest BCUT2D eigenvalue weighted by Crippen LogP contribution is 2.02. The summed E-state index contributed by atoms with van der Waals surface area (Å²) in [7, 11) is 2.02.